The second kappa shape index (κ2) is 9.29. The molecule has 152 valence electrons. The maximum atomic E-state index is 11.6. The summed E-state index contributed by atoms with van der Waals surface area (Å²) in [4.78, 5) is 23.0. The summed E-state index contributed by atoms with van der Waals surface area (Å²) in [5, 5.41) is 23.0. The lowest BCUT2D eigenvalue weighted by Crippen LogP contribution is -2.09. The van der Waals surface area contributed by atoms with Crippen LogP contribution in [-0.2, 0) is 9.53 Å². The predicted molar refractivity (Wildman–Crippen MR) is 109 cm³/mol. The van der Waals surface area contributed by atoms with E-state index in [1.807, 2.05) is 0 Å². The molecule has 29 heavy (non-hydrogen) atoms. The van der Waals surface area contributed by atoms with Crippen LogP contribution in [0.2, 0.25) is 10.0 Å². The average Bonchev–Trinajstić information content (AvgIpc) is 3.13. The Hall–Kier alpha value is -2.56. The van der Waals surface area contributed by atoms with Crippen LogP contribution in [0.15, 0.2) is 38.7 Å². The molecule has 3 rings (SSSR count). The number of nitro groups is 1. The van der Waals surface area contributed by atoms with E-state index in [1.54, 1.807) is 24.3 Å². The standard InChI is InChI=1S/C17H14Cl2N4O5S/c1-9(24)27-7-3-6-20-12-8-13(29-17-10(18)4-2-5-11(17)19)14-15(22-28-21-14)16(12)23(25)26/h2,4-5,8,20H,3,6-7H2,1H3. The first-order valence-corrected chi connectivity index (χ1v) is 9.88. The van der Waals surface area contributed by atoms with E-state index in [0.717, 1.165) is 0 Å². The molecule has 1 N–H and O–H groups in total. The van der Waals surface area contributed by atoms with Crippen LogP contribution >= 0.6 is 35.0 Å². The zero-order chi connectivity index (χ0) is 21.0. The molecule has 3 aromatic rings. The predicted octanol–water partition coefficient (Wildman–Crippen LogP) is 4.95. The zero-order valence-corrected chi connectivity index (χ0v) is 17.3. The number of hydrogen-bond donors (Lipinski definition) is 1. The Morgan fingerprint density at radius 3 is 2.66 bits per heavy atom. The molecule has 0 fully saturated rings. The van der Waals surface area contributed by atoms with E-state index in [2.05, 4.69) is 15.6 Å². The van der Waals surface area contributed by atoms with Gasteiger partial charge in [0.2, 0.25) is 5.52 Å². The second-order valence-corrected chi connectivity index (χ2v) is 7.63. The first-order chi connectivity index (χ1) is 13.9. The number of ether oxygens (including phenoxy) is 1. The molecule has 1 aromatic heterocycles. The average molecular weight is 457 g/mol. The number of carbonyl (C=O) groups excluding carboxylic acids is 1. The highest BCUT2D eigenvalue weighted by molar-refractivity contribution is 7.99. The van der Waals surface area contributed by atoms with Crippen LogP contribution in [0.5, 0.6) is 0 Å². The number of benzene rings is 2. The van der Waals surface area contributed by atoms with Crippen LogP contribution in [0.4, 0.5) is 11.4 Å². The van der Waals surface area contributed by atoms with Crippen LogP contribution in [0.25, 0.3) is 11.0 Å². The Bertz CT molecular complexity index is 1060. The largest absolute Gasteiger partial charge is 0.466 e. The summed E-state index contributed by atoms with van der Waals surface area (Å²) in [6.45, 7) is 1.84. The number of fused-ring (bicyclic) bond motifs is 1. The van der Waals surface area contributed by atoms with Crippen molar-refractivity contribution < 1.29 is 19.1 Å². The van der Waals surface area contributed by atoms with Crippen molar-refractivity contribution in [2.45, 2.75) is 23.1 Å². The maximum absolute atomic E-state index is 11.6. The van der Waals surface area contributed by atoms with Crippen molar-refractivity contribution >= 4 is 63.3 Å². The Morgan fingerprint density at radius 2 is 2.00 bits per heavy atom. The second-order valence-electron chi connectivity index (χ2n) is 5.76. The van der Waals surface area contributed by atoms with Crippen molar-refractivity contribution in [1.29, 1.82) is 0 Å². The van der Waals surface area contributed by atoms with Gasteiger partial charge < -0.3 is 10.1 Å². The molecule has 0 atom stereocenters. The quantitative estimate of drug-likeness (QED) is 0.217. The highest BCUT2D eigenvalue weighted by Crippen LogP contribution is 2.44. The van der Waals surface area contributed by atoms with E-state index >= 15 is 0 Å². The molecule has 0 aliphatic carbocycles. The summed E-state index contributed by atoms with van der Waals surface area (Å²) in [6.07, 6.45) is 0.463. The smallest absolute Gasteiger partial charge is 0.323 e. The highest BCUT2D eigenvalue weighted by Gasteiger charge is 2.26. The van der Waals surface area contributed by atoms with Gasteiger partial charge in [0.1, 0.15) is 5.69 Å². The Balaban J connectivity index is 1.96. The molecule has 0 bridgehead atoms. The summed E-state index contributed by atoms with van der Waals surface area (Å²) in [5.41, 5.74) is 0.198. The monoisotopic (exact) mass is 456 g/mol. The molecule has 0 radical (unpaired) electrons. The van der Waals surface area contributed by atoms with E-state index in [0.29, 0.717) is 32.8 Å². The topological polar surface area (TPSA) is 120 Å². The van der Waals surface area contributed by atoms with E-state index in [-0.39, 0.29) is 35.0 Å². The van der Waals surface area contributed by atoms with E-state index in [9.17, 15) is 14.9 Å². The summed E-state index contributed by atoms with van der Waals surface area (Å²) in [6, 6.07) is 6.66. The summed E-state index contributed by atoms with van der Waals surface area (Å²) < 4.78 is 9.61. The van der Waals surface area contributed by atoms with Gasteiger partial charge in [0.15, 0.2) is 5.52 Å². The fourth-order valence-corrected chi connectivity index (χ4v) is 4.09. The lowest BCUT2D eigenvalue weighted by molar-refractivity contribution is -0.382. The van der Waals surface area contributed by atoms with Gasteiger partial charge in [0.05, 0.1) is 21.6 Å². The van der Waals surface area contributed by atoms with Crippen molar-refractivity contribution in [3.05, 3.63) is 44.4 Å². The van der Waals surface area contributed by atoms with Crippen LogP contribution in [0.1, 0.15) is 13.3 Å². The van der Waals surface area contributed by atoms with Gasteiger partial charge >= 0.3 is 11.7 Å². The van der Waals surface area contributed by atoms with Gasteiger partial charge in [-0.05, 0) is 34.9 Å². The molecule has 1 heterocycles. The molecule has 2 aromatic carbocycles. The summed E-state index contributed by atoms with van der Waals surface area (Å²) in [5.74, 6) is -0.388. The molecule has 9 nitrogen and oxygen atoms in total. The van der Waals surface area contributed by atoms with E-state index in [1.165, 1.54) is 18.7 Å². The third-order valence-electron chi connectivity index (χ3n) is 3.73. The molecule has 0 amide bonds. The van der Waals surface area contributed by atoms with Gasteiger partial charge in [-0.25, -0.2) is 4.63 Å². The minimum Gasteiger partial charge on any atom is -0.466 e. The normalized spacial score (nSPS) is 10.9. The van der Waals surface area contributed by atoms with Crippen LogP contribution in [-0.4, -0.2) is 34.4 Å². The minimum absolute atomic E-state index is 0.00524. The molecule has 0 saturated heterocycles. The zero-order valence-electron chi connectivity index (χ0n) is 15.0. The molecule has 0 aliphatic rings. The number of carbonyl (C=O) groups is 1. The molecule has 0 spiro atoms. The third kappa shape index (κ3) is 4.89. The first kappa shape index (κ1) is 21.2. The van der Waals surface area contributed by atoms with Gasteiger partial charge in [-0.3, -0.25) is 14.9 Å². The Morgan fingerprint density at radius 1 is 1.31 bits per heavy atom. The third-order valence-corrected chi connectivity index (χ3v) is 5.76. The lowest BCUT2D eigenvalue weighted by Gasteiger charge is -2.11. The lowest BCUT2D eigenvalue weighted by atomic mass is 10.2. The number of nitrogens with zero attached hydrogens (tertiary/aromatic N) is 3. The molecule has 0 aliphatic heterocycles. The molecular weight excluding hydrogens is 443 g/mol. The SMILES string of the molecule is CC(=O)OCCCNc1cc(Sc2c(Cl)cccc2Cl)c2nonc2c1[N+](=O)[O-]. The number of nitro benzene ring substituents is 1. The molecular formula is C17H14Cl2N4O5S. The number of nitrogens with one attached hydrogen (secondary N) is 1. The number of esters is 1. The van der Waals surface area contributed by atoms with Crippen LogP contribution < -0.4 is 5.32 Å². The Labute approximate surface area is 178 Å². The van der Waals surface area contributed by atoms with Gasteiger partial charge in [0, 0.05) is 23.3 Å². The minimum atomic E-state index is -0.558. The number of rotatable bonds is 8. The van der Waals surface area contributed by atoms with Gasteiger partial charge in [-0.15, -0.1) is 0 Å². The van der Waals surface area contributed by atoms with Crippen molar-refractivity contribution in [1.82, 2.24) is 10.3 Å². The van der Waals surface area contributed by atoms with Gasteiger partial charge in [-0.1, -0.05) is 41.0 Å². The van der Waals surface area contributed by atoms with E-state index < -0.39 is 4.92 Å². The van der Waals surface area contributed by atoms with E-state index in [4.69, 9.17) is 32.6 Å². The van der Waals surface area contributed by atoms with Crippen molar-refractivity contribution in [2.24, 2.45) is 0 Å². The van der Waals surface area contributed by atoms with Crippen molar-refractivity contribution in [2.75, 3.05) is 18.5 Å². The number of hydrogen-bond acceptors (Lipinski definition) is 9. The summed E-state index contributed by atoms with van der Waals surface area (Å²) in [7, 11) is 0. The number of aromatic nitrogens is 2. The van der Waals surface area contributed by atoms with Crippen molar-refractivity contribution in [3.63, 3.8) is 0 Å². The fraction of sp³-hybridized carbons (Fsp3) is 0.235. The fourth-order valence-electron chi connectivity index (χ4n) is 2.50. The van der Waals surface area contributed by atoms with Crippen LogP contribution in [0.3, 0.4) is 0 Å². The van der Waals surface area contributed by atoms with Gasteiger partial charge in [0.25, 0.3) is 0 Å². The molecule has 12 heteroatoms. The summed E-state index contributed by atoms with van der Waals surface area (Å²) >= 11 is 13.7. The number of anilines is 1. The maximum Gasteiger partial charge on any atom is 0.323 e. The molecule has 0 unspecified atom stereocenters. The highest BCUT2D eigenvalue weighted by atomic mass is 35.5. The first-order valence-electron chi connectivity index (χ1n) is 8.31. The Kier molecular flexibility index (Phi) is 6.78. The van der Waals surface area contributed by atoms with Gasteiger partial charge in [-0.2, -0.15) is 0 Å². The van der Waals surface area contributed by atoms with Crippen LogP contribution in [0, 0.1) is 10.1 Å². The molecule has 0 saturated carbocycles. The van der Waals surface area contributed by atoms with Crippen molar-refractivity contribution in [3.8, 4) is 0 Å². The number of halogens is 2.